The SMILES string of the molecule is CC1CN(C(=O)CCC(=O)O)CC(CO)O1. The van der Waals surface area contributed by atoms with Crippen molar-refractivity contribution in [3.05, 3.63) is 0 Å². The molecule has 2 N–H and O–H groups in total. The maximum atomic E-state index is 11.6. The van der Waals surface area contributed by atoms with Gasteiger partial charge in [0.2, 0.25) is 5.91 Å². The Kier molecular flexibility index (Phi) is 4.70. The van der Waals surface area contributed by atoms with Crippen LogP contribution in [0.25, 0.3) is 0 Å². The van der Waals surface area contributed by atoms with E-state index in [1.54, 1.807) is 4.90 Å². The quantitative estimate of drug-likeness (QED) is 0.678. The Morgan fingerprint density at radius 1 is 1.38 bits per heavy atom. The maximum Gasteiger partial charge on any atom is 0.303 e. The summed E-state index contributed by atoms with van der Waals surface area (Å²) in [5.74, 6) is -1.18. The van der Waals surface area contributed by atoms with Crippen LogP contribution < -0.4 is 0 Å². The second kappa shape index (κ2) is 5.81. The first kappa shape index (κ1) is 12.9. The Bertz CT molecular complexity index is 268. The molecule has 0 saturated carbocycles. The molecule has 1 rings (SSSR count). The zero-order chi connectivity index (χ0) is 12.1. The van der Waals surface area contributed by atoms with Gasteiger partial charge in [-0.1, -0.05) is 0 Å². The normalized spacial score (nSPS) is 25.5. The van der Waals surface area contributed by atoms with Gasteiger partial charge in [0.1, 0.15) is 0 Å². The summed E-state index contributed by atoms with van der Waals surface area (Å²) in [7, 11) is 0. The van der Waals surface area contributed by atoms with E-state index >= 15 is 0 Å². The van der Waals surface area contributed by atoms with Gasteiger partial charge in [-0.25, -0.2) is 0 Å². The second-order valence-electron chi connectivity index (χ2n) is 3.94. The average Bonchev–Trinajstić information content (AvgIpc) is 2.24. The molecule has 1 aliphatic heterocycles. The Labute approximate surface area is 93.8 Å². The number of amides is 1. The van der Waals surface area contributed by atoms with E-state index in [2.05, 4.69) is 0 Å². The molecule has 1 fully saturated rings. The van der Waals surface area contributed by atoms with Gasteiger partial charge in [0.15, 0.2) is 0 Å². The number of nitrogens with zero attached hydrogens (tertiary/aromatic N) is 1. The number of carboxylic acids is 1. The lowest BCUT2D eigenvalue weighted by molar-refractivity contribution is -0.149. The second-order valence-corrected chi connectivity index (χ2v) is 3.94. The molecule has 1 aliphatic rings. The first-order chi connectivity index (χ1) is 7.52. The van der Waals surface area contributed by atoms with Gasteiger partial charge in [-0.3, -0.25) is 9.59 Å². The summed E-state index contributed by atoms with van der Waals surface area (Å²) in [6, 6.07) is 0. The van der Waals surface area contributed by atoms with Crippen molar-refractivity contribution in [2.24, 2.45) is 0 Å². The number of carboxylic acid groups (broad SMARTS) is 1. The van der Waals surface area contributed by atoms with E-state index in [0.29, 0.717) is 13.1 Å². The third-order valence-corrected chi connectivity index (χ3v) is 2.44. The number of carbonyl (C=O) groups is 2. The van der Waals surface area contributed by atoms with Gasteiger partial charge < -0.3 is 19.8 Å². The van der Waals surface area contributed by atoms with Crippen molar-refractivity contribution in [2.75, 3.05) is 19.7 Å². The van der Waals surface area contributed by atoms with Crippen LogP contribution in [0.2, 0.25) is 0 Å². The predicted molar refractivity (Wildman–Crippen MR) is 54.9 cm³/mol. The van der Waals surface area contributed by atoms with E-state index in [4.69, 9.17) is 14.9 Å². The summed E-state index contributed by atoms with van der Waals surface area (Å²) in [6.45, 7) is 2.47. The van der Waals surface area contributed by atoms with Crippen LogP contribution in [-0.2, 0) is 14.3 Å². The third kappa shape index (κ3) is 3.79. The summed E-state index contributed by atoms with van der Waals surface area (Å²) < 4.78 is 5.38. The largest absolute Gasteiger partial charge is 0.481 e. The molecule has 0 radical (unpaired) electrons. The molecule has 2 atom stereocenters. The van der Waals surface area contributed by atoms with E-state index in [-0.39, 0.29) is 37.6 Å². The van der Waals surface area contributed by atoms with Crippen molar-refractivity contribution in [3.63, 3.8) is 0 Å². The van der Waals surface area contributed by atoms with Gasteiger partial charge in [-0.15, -0.1) is 0 Å². The number of aliphatic carboxylic acids is 1. The van der Waals surface area contributed by atoms with E-state index in [1.165, 1.54) is 0 Å². The minimum absolute atomic E-state index is 0.000200. The number of aliphatic hydroxyl groups excluding tert-OH is 1. The average molecular weight is 231 g/mol. The molecular formula is C10H17NO5. The minimum atomic E-state index is -0.978. The zero-order valence-corrected chi connectivity index (χ0v) is 9.26. The summed E-state index contributed by atoms with van der Waals surface area (Å²) in [6.07, 6.45) is -0.647. The van der Waals surface area contributed by atoms with Crippen LogP contribution in [0.3, 0.4) is 0 Å². The van der Waals surface area contributed by atoms with Crippen molar-refractivity contribution in [3.8, 4) is 0 Å². The Morgan fingerprint density at radius 3 is 2.62 bits per heavy atom. The number of carbonyl (C=O) groups excluding carboxylic acids is 1. The highest BCUT2D eigenvalue weighted by molar-refractivity contribution is 5.80. The van der Waals surface area contributed by atoms with Crippen molar-refractivity contribution in [1.82, 2.24) is 4.90 Å². The molecule has 92 valence electrons. The lowest BCUT2D eigenvalue weighted by Gasteiger charge is -2.36. The van der Waals surface area contributed by atoms with Gasteiger partial charge in [-0.05, 0) is 6.92 Å². The number of rotatable bonds is 4. The Morgan fingerprint density at radius 2 is 2.06 bits per heavy atom. The number of hydrogen-bond donors (Lipinski definition) is 2. The number of ether oxygens (including phenoxy) is 1. The lowest BCUT2D eigenvalue weighted by Crippen LogP contribution is -2.50. The van der Waals surface area contributed by atoms with Crippen LogP contribution in [0.4, 0.5) is 0 Å². The summed E-state index contributed by atoms with van der Waals surface area (Å²) in [5.41, 5.74) is 0. The molecule has 6 nitrogen and oxygen atoms in total. The van der Waals surface area contributed by atoms with E-state index in [9.17, 15) is 9.59 Å². The van der Waals surface area contributed by atoms with Gasteiger partial charge in [0.25, 0.3) is 0 Å². The number of aliphatic hydroxyl groups is 1. The van der Waals surface area contributed by atoms with Gasteiger partial charge in [0, 0.05) is 19.5 Å². The summed E-state index contributed by atoms with van der Waals surface area (Å²) >= 11 is 0. The molecule has 16 heavy (non-hydrogen) atoms. The van der Waals surface area contributed by atoms with Gasteiger partial charge >= 0.3 is 5.97 Å². The summed E-state index contributed by atoms with van der Waals surface area (Å²) in [5, 5.41) is 17.4. The maximum absolute atomic E-state index is 11.6. The van der Waals surface area contributed by atoms with Crippen LogP contribution in [0, 0.1) is 0 Å². The van der Waals surface area contributed by atoms with Crippen LogP contribution in [0.15, 0.2) is 0 Å². The molecule has 0 bridgehead atoms. The standard InChI is InChI=1S/C10H17NO5/c1-7-4-11(5-8(6-12)16-7)9(13)2-3-10(14)15/h7-8,12H,2-6H2,1H3,(H,14,15). The molecule has 1 heterocycles. The predicted octanol–water partition coefficient (Wildman–Crippen LogP) is -0.541. The highest BCUT2D eigenvalue weighted by atomic mass is 16.5. The van der Waals surface area contributed by atoms with E-state index in [0.717, 1.165) is 0 Å². The van der Waals surface area contributed by atoms with Crippen molar-refractivity contribution >= 4 is 11.9 Å². The first-order valence-electron chi connectivity index (χ1n) is 5.28. The smallest absolute Gasteiger partial charge is 0.303 e. The zero-order valence-electron chi connectivity index (χ0n) is 9.26. The molecule has 0 aromatic heterocycles. The number of morpholine rings is 1. The molecular weight excluding hydrogens is 214 g/mol. The fourth-order valence-electron chi connectivity index (χ4n) is 1.72. The van der Waals surface area contributed by atoms with Crippen molar-refractivity contribution in [1.29, 1.82) is 0 Å². The van der Waals surface area contributed by atoms with Crippen LogP contribution in [0.1, 0.15) is 19.8 Å². The molecule has 0 aromatic rings. The highest BCUT2D eigenvalue weighted by Gasteiger charge is 2.27. The molecule has 0 spiro atoms. The van der Waals surface area contributed by atoms with Gasteiger partial charge in [0.05, 0.1) is 25.2 Å². The topological polar surface area (TPSA) is 87.1 Å². The molecule has 0 aliphatic carbocycles. The molecule has 2 unspecified atom stereocenters. The van der Waals surface area contributed by atoms with E-state index in [1.807, 2.05) is 6.92 Å². The van der Waals surface area contributed by atoms with Gasteiger partial charge in [-0.2, -0.15) is 0 Å². The fraction of sp³-hybridized carbons (Fsp3) is 0.800. The molecule has 0 aromatic carbocycles. The number of hydrogen-bond acceptors (Lipinski definition) is 4. The monoisotopic (exact) mass is 231 g/mol. The van der Waals surface area contributed by atoms with Crippen LogP contribution >= 0.6 is 0 Å². The third-order valence-electron chi connectivity index (χ3n) is 2.44. The fourth-order valence-corrected chi connectivity index (χ4v) is 1.72. The van der Waals surface area contributed by atoms with Crippen molar-refractivity contribution in [2.45, 2.75) is 32.0 Å². The Hall–Kier alpha value is -1.14. The van der Waals surface area contributed by atoms with E-state index < -0.39 is 5.97 Å². The first-order valence-corrected chi connectivity index (χ1v) is 5.28. The van der Waals surface area contributed by atoms with Crippen LogP contribution in [-0.4, -0.2) is 58.9 Å². The van der Waals surface area contributed by atoms with Crippen molar-refractivity contribution < 1.29 is 24.5 Å². The summed E-state index contributed by atoms with van der Waals surface area (Å²) in [4.78, 5) is 23.5. The molecule has 6 heteroatoms. The highest BCUT2D eigenvalue weighted by Crippen LogP contribution is 2.12. The molecule has 1 amide bonds. The molecule has 1 saturated heterocycles. The lowest BCUT2D eigenvalue weighted by atomic mass is 10.2. The Balaban J connectivity index is 2.45. The minimum Gasteiger partial charge on any atom is -0.481 e. The van der Waals surface area contributed by atoms with Crippen LogP contribution in [0.5, 0.6) is 0 Å².